The third-order valence-corrected chi connectivity index (χ3v) is 5.38. The number of benzene rings is 1. The molecule has 0 saturated carbocycles. The zero-order chi connectivity index (χ0) is 20.1. The summed E-state index contributed by atoms with van der Waals surface area (Å²) in [5.74, 6) is 2.55. The first kappa shape index (κ1) is 20.4. The average molecular weight is 399 g/mol. The SMILES string of the molecule is CCCCc1ncc(/C(C)=C(\CO)c2ccc(C)o2)n1Cc1ccccc1Cl. The van der Waals surface area contributed by atoms with Crippen molar-refractivity contribution in [1.82, 2.24) is 9.55 Å². The lowest BCUT2D eigenvalue weighted by Gasteiger charge is -2.15. The van der Waals surface area contributed by atoms with Crippen molar-refractivity contribution < 1.29 is 9.52 Å². The molecule has 1 N–H and O–H groups in total. The Morgan fingerprint density at radius 3 is 2.64 bits per heavy atom. The highest BCUT2D eigenvalue weighted by Gasteiger charge is 2.17. The number of aromatic nitrogens is 2. The summed E-state index contributed by atoms with van der Waals surface area (Å²) in [5, 5.41) is 10.8. The molecule has 0 aliphatic carbocycles. The number of imidazole rings is 1. The molecule has 3 rings (SSSR count). The van der Waals surface area contributed by atoms with Crippen LogP contribution < -0.4 is 0 Å². The predicted octanol–water partition coefficient (Wildman–Crippen LogP) is 5.75. The lowest BCUT2D eigenvalue weighted by Crippen LogP contribution is -2.09. The molecule has 1 aromatic carbocycles. The van der Waals surface area contributed by atoms with Gasteiger partial charge in [0, 0.05) is 17.0 Å². The molecule has 148 valence electrons. The smallest absolute Gasteiger partial charge is 0.132 e. The molecular formula is C23H27ClN2O2. The van der Waals surface area contributed by atoms with Gasteiger partial charge in [0.1, 0.15) is 17.3 Å². The summed E-state index contributed by atoms with van der Waals surface area (Å²) < 4.78 is 7.97. The van der Waals surface area contributed by atoms with Gasteiger partial charge in [0.05, 0.1) is 25.0 Å². The van der Waals surface area contributed by atoms with Gasteiger partial charge in [-0.15, -0.1) is 0 Å². The number of hydrogen-bond acceptors (Lipinski definition) is 3. The van der Waals surface area contributed by atoms with E-state index in [-0.39, 0.29) is 6.61 Å². The maximum absolute atomic E-state index is 10.0. The minimum absolute atomic E-state index is 0.0969. The van der Waals surface area contributed by atoms with Crippen LogP contribution in [0.3, 0.4) is 0 Å². The molecule has 0 fully saturated rings. The largest absolute Gasteiger partial charge is 0.462 e. The van der Waals surface area contributed by atoms with Crippen molar-refractivity contribution in [2.45, 2.75) is 46.6 Å². The number of furan rings is 1. The molecule has 4 nitrogen and oxygen atoms in total. The zero-order valence-corrected chi connectivity index (χ0v) is 17.5. The highest BCUT2D eigenvalue weighted by molar-refractivity contribution is 6.31. The first-order valence-electron chi connectivity index (χ1n) is 9.70. The van der Waals surface area contributed by atoms with E-state index in [1.165, 1.54) is 0 Å². The fourth-order valence-corrected chi connectivity index (χ4v) is 3.55. The zero-order valence-electron chi connectivity index (χ0n) is 16.7. The molecule has 0 spiro atoms. The van der Waals surface area contributed by atoms with E-state index >= 15 is 0 Å². The van der Waals surface area contributed by atoms with Crippen LogP contribution >= 0.6 is 11.6 Å². The number of halogens is 1. The van der Waals surface area contributed by atoms with E-state index in [0.717, 1.165) is 58.3 Å². The van der Waals surface area contributed by atoms with Gasteiger partial charge in [-0.3, -0.25) is 0 Å². The second-order valence-electron chi connectivity index (χ2n) is 7.01. The van der Waals surface area contributed by atoms with Gasteiger partial charge in [-0.05, 0) is 49.6 Å². The van der Waals surface area contributed by atoms with Crippen LogP contribution in [0.5, 0.6) is 0 Å². The van der Waals surface area contributed by atoms with Gasteiger partial charge in [-0.2, -0.15) is 0 Å². The van der Waals surface area contributed by atoms with E-state index in [0.29, 0.717) is 12.3 Å². The molecule has 0 unspecified atom stereocenters. The molecule has 3 aromatic rings. The van der Waals surface area contributed by atoms with Gasteiger partial charge in [0.15, 0.2) is 0 Å². The van der Waals surface area contributed by atoms with E-state index in [9.17, 15) is 5.11 Å². The van der Waals surface area contributed by atoms with E-state index < -0.39 is 0 Å². The Bertz CT molecular complexity index is 969. The Hall–Kier alpha value is -2.30. The molecule has 0 atom stereocenters. The lowest BCUT2D eigenvalue weighted by atomic mass is 10.0. The van der Waals surface area contributed by atoms with Crippen LogP contribution in [-0.2, 0) is 13.0 Å². The summed E-state index contributed by atoms with van der Waals surface area (Å²) >= 11 is 6.42. The van der Waals surface area contributed by atoms with Crippen molar-refractivity contribution in [2.75, 3.05) is 6.61 Å². The lowest BCUT2D eigenvalue weighted by molar-refractivity contribution is 0.346. The Kier molecular flexibility index (Phi) is 6.76. The van der Waals surface area contributed by atoms with Crippen LogP contribution in [0.15, 0.2) is 47.0 Å². The van der Waals surface area contributed by atoms with Crippen molar-refractivity contribution in [3.05, 3.63) is 76.2 Å². The van der Waals surface area contributed by atoms with Crippen LogP contribution in [0.2, 0.25) is 5.02 Å². The van der Waals surface area contributed by atoms with E-state index in [2.05, 4.69) is 16.5 Å². The number of allylic oxidation sites excluding steroid dienone is 1. The maximum atomic E-state index is 10.0. The minimum Gasteiger partial charge on any atom is -0.462 e. The molecule has 2 aromatic heterocycles. The average Bonchev–Trinajstić information content (AvgIpc) is 3.29. The summed E-state index contributed by atoms with van der Waals surface area (Å²) in [6.45, 7) is 6.63. The highest BCUT2D eigenvalue weighted by Crippen LogP contribution is 2.29. The molecule has 0 aliphatic heterocycles. The van der Waals surface area contributed by atoms with Crippen molar-refractivity contribution in [3.8, 4) is 0 Å². The Morgan fingerprint density at radius 1 is 1.21 bits per heavy atom. The molecule has 0 saturated heterocycles. The standard InChI is InChI=1S/C23H27ClN2O2/c1-4-5-10-23-25-13-21(26(23)14-18-8-6-7-9-20(18)24)17(3)19(15-27)22-12-11-16(2)28-22/h6-9,11-13,27H,4-5,10,14-15H2,1-3H3/b19-17+. The molecule has 28 heavy (non-hydrogen) atoms. The monoisotopic (exact) mass is 398 g/mol. The number of nitrogens with zero attached hydrogens (tertiary/aromatic N) is 2. The number of unbranched alkanes of at least 4 members (excludes halogenated alkanes) is 1. The fourth-order valence-electron chi connectivity index (χ4n) is 3.35. The van der Waals surface area contributed by atoms with Crippen LogP contribution in [0, 0.1) is 6.92 Å². The van der Waals surface area contributed by atoms with E-state index in [1.54, 1.807) is 0 Å². The van der Waals surface area contributed by atoms with Crippen molar-refractivity contribution in [1.29, 1.82) is 0 Å². The molecule has 0 bridgehead atoms. The Balaban J connectivity index is 2.08. The Morgan fingerprint density at radius 2 is 2.00 bits per heavy atom. The number of hydrogen-bond donors (Lipinski definition) is 1. The molecular weight excluding hydrogens is 372 g/mol. The van der Waals surface area contributed by atoms with Crippen LogP contribution in [0.1, 0.15) is 55.3 Å². The quantitative estimate of drug-likeness (QED) is 0.525. The number of rotatable bonds is 8. The van der Waals surface area contributed by atoms with E-state index in [1.807, 2.05) is 56.4 Å². The number of aliphatic hydroxyl groups is 1. The summed E-state index contributed by atoms with van der Waals surface area (Å²) in [6.07, 6.45) is 4.98. The van der Waals surface area contributed by atoms with Crippen molar-refractivity contribution in [3.63, 3.8) is 0 Å². The number of aryl methyl sites for hydroxylation is 2. The van der Waals surface area contributed by atoms with Crippen molar-refractivity contribution in [2.24, 2.45) is 0 Å². The van der Waals surface area contributed by atoms with Gasteiger partial charge in [0.2, 0.25) is 0 Å². The first-order chi connectivity index (χ1) is 13.5. The van der Waals surface area contributed by atoms with Gasteiger partial charge in [0.25, 0.3) is 0 Å². The van der Waals surface area contributed by atoms with Crippen LogP contribution in [0.4, 0.5) is 0 Å². The predicted molar refractivity (Wildman–Crippen MR) is 114 cm³/mol. The summed E-state index contributed by atoms with van der Waals surface area (Å²) in [6, 6.07) is 11.7. The second kappa shape index (κ2) is 9.26. The van der Waals surface area contributed by atoms with Gasteiger partial charge in [-0.25, -0.2) is 4.98 Å². The molecule has 0 aliphatic rings. The molecule has 0 radical (unpaired) electrons. The minimum atomic E-state index is -0.0969. The summed E-state index contributed by atoms with van der Waals surface area (Å²) in [4.78, 5) is 4.69. The maximum Gasteiger partial charge on any atom is 0.132 e. The third kappa shape index (κ3) is 4.40. The second-order valence-corrected chi connectivity index (χ2v) is 7.42. The van der Waals surface area contributed by atoms with Gasteiger partial charge >= 0.3 is 0 Å². The molecule has 0 amide bonds. The third-order valence-electron chi connectivity index (χ3n) is 5.01. The topological polar surface area (TPSA) is 51.2 Å². The van der Waals surface area contributed by atoms with Crippen molar-refractivity contribution >= 4 is 22.7 Å². The summed E-state index contributed by atoms with van der Waals surface area (Å²) in [5.41, 5.74) is 3.76. The van der Waals surface area contributed by atoms with E-state index in [4.69, 9.17) is 16.0 Å². The van der Waals surface area contributed by atoms with Gasteiger partial charge in [-0.1, -0.05) is 43.1 Å². The number of aliphatic hydroxyl groups excluding tert-OH is 1. The fraction of sp³-hybridized carbons (Fsp3) is 0.348. The first-order valence-corrected chi connectivity index (χ1v) is 10.1. The van der Waals surface area contributed by atoms with Crippen LogP contribution in [-0.4, -0.2) is 21.3 Å². The van der Waals surface area contributed by atoms with Gasteiger partial charge < -0.3 is 14.1 Å². The molecule has 2 heterocycles. The normalized spacial score (nSPS) is 12.3. The Labute approximate surface area is 171 Å². The molecule has 5 heteroatoms. The van der Waals surface area contributed by atoms with Crippen LogP contribution in [0.25, 0.3) is 11.1 Å². The highest BCUT2D eigenvalue weighted by atomic mass is 35.5. The summed E-state index contributed by atoms with van der Waals surface area (Å²) in [7, 11) is 0.